The molecule has 2 aromatic rings. The van der Waals surface area contributed by atoms with E-state index in [4.69, 9.17) is 10.5 Å². The van der Waals surface area contributed by atoms with Crippen LogP contribution in [0.25, 0.3) is 11.3 Å². The van der Waals surface area contributed by atoms with E-state index in [-0.39, 0.29) is 11.4 Å². The van der Waals surface area contributed by atoms with Crippen molar-refractivity contribution in [2.75, 3.05) is 12.8 Å². The van der Waals surface area contributed by atoms with Gasteiger partial charge in [0.15, 0.2) is 0 Å². The minimum atomic E-state index is -0.464. The van der Waals surface area contributed by atoms with Crippen LogP contribution in [0.3, 0.4) is 0 Å². The van der Waals surface area contributed by atoms with Crippen LogP contribution in [0.5, 0.6) is 5.75 Å². The second kappa shape index (κ2) is 5.82. The van der Waals surface area contributed by atoms with Crippen LogP contribution in [0, 0.1) is 10.1 Å². The molecule has 0 aliphatic rings. The predicted octanol–water partition coefficient (Wildman–Crippen LogP) is 2.54. The monoisotopic (exact) mass is 290 g/mol. The number of nitro benzene ring substituents is 1. The maximum atomic E-state index is 11.1. The van der Waals surface area contributed by atoms with Gasteiger partial charge in [0.2, 0.25) is 5.75 Å². The Hall–Kier alpha value is -2.57. The largest absolute Gasteiger partial charge is 0.490 e. The molecule has 1 aromatic heterocycles. The number of hydrogen-bond acceptors (Lipinski definition) is 5. The van der Waals surface area contributed by atoms with Gasteiger partial charge in [-0.15, -0.1) is 0 Å². The van der Waals surface area contributed by atoms with E-state index in [1.807, 2.05) is 6.92 Å². The molecule has 112 valence electrons. The molecular weight excluding hydrogens is 272 g/mol. The third kappa shape index (κ3) is 2.54. The van der Waals surface area contributed by atoms with E-state index in [9.17, 15) is 10.1 Å². The van der Waals surface area contributed by atoms with Crippen LogP contribution in [0.15, 0.2) is 18.2 Å². The Bertz CT molecular complexity index is 679. The van der Waals surface area contributed by atoms with Crippen LogP contribution in [0.1, 0.15) is 18.9 Å². The van der Waals surface area contributed by atoms with E-state index in [1.54, 1.807) is 23.9 Å². The Morgan fingerprint density at radius 1 is 1.48 bits per heavy atom. The van der Waals surface area contributed by atoms with Crippen molar-refractivity contribution >= 4 is 11.5 Å². The maximum absolute atomic E-state index is 11.1. The summed E-state index contributed by atoms with van der Waals surface area (Å²) in [4.78, 5) is 10.7. The zero-order valence-corrected chi connectivity index (χ0v) is 12.3. The number of benzene rings is 1. The summed E-state index contributed by atoms with van der Waals surface area (Å²) in [5, 5.41) is 15.5. The van der Waals surface area contributed by atoms with Crippen LogP contribution in [0.2, 0.25) is 0 Å². The van der Waals surface area contributed by atoms with Gasteiger partial charge in [0.25, 0.3) is 0 Å². The summed E-state index contributed by atoms with van der Waals surface area (Å²) in [7, 11) is 3.17. The van der Waals surface area contributed by atoms with Crippen molar-refractivity contribution in [3.05, 3.63) is 33.9 Å². The minimum absolute atomic E-state index is 0.0818. The lowest BCUT2D eigenvalue weighted by Gasteiger charge is -2.08. The highest BCUT2D eigenvalue weighted by atomic mass is 16.6. The smallest absolute Gasteiger partial charge is 0.311 e. The molecule has 21 heavy (non-hydrogen) atoms. The summed E-state index contributed by atoms with van der Waals surface area (Å²) in [6.45, 7) is 2.04. The normalized spacial score (nSPS) is 10.6. The third-order valence-electron chi connectivity index (χ3n) is 3.34. The highest BCUT2D eigenvalue weighted by Gasteiger charge is 2.24. The van der Waals surface area contributed by atoms with E-state index < -0.39 is 4.92 Å². The van der Waals surface area contributed by atoms with E-state index in [2.05, 4.69) is 5.10 Å². The summed E-state index contributed by atoms with van der Waals surface area (Å²) < 4.78 is 6.82. The highest BCUT2D eigenvalue weighted by molar-refractivity contribution is 5.77. The van der Waals surface area contributed by atoms with Gasteiger partial charge in [0, 0.05) is 18.7 Å². The Balaban J connectivity index is 2.70. The first-order valence-electron chi connectivity index (χ1n) is 6.64. The number of nitrogen functional groups attached to an aromatic ring is 1. The Kier molecular flexibility index (Phi) is 4.11. The van der Waals surface area contributed by atoms with Gasteiger partial charge in [-0.25, -0.2) is 0 Å². The van der Waals surface area contributed by atoms with Crippen molar-refractivity contribution < 1.29 is 9.66 Å². The second-order valence-electron chi connectivity index (χ2n) is 4.70. The minimum Gasteiger partial charge on any atom is -0.490 e. The van der Waals surface area contributed by atoms with Gasteiger partial charge >= 0.3 is 5.69 Å². The molecule has 0 fully saturated rings. The van der Waals surface area contributed by atoms with Gasteiger partial charge in [-0.05, 0) is 12.5 Å². The summed E-state index contributed by atoms with van der Waals surface area (Å²) in [6, 6.07) is 4.79. The number of nitrogens with two attached hydrogens (primary N) is 1. The SMILES string of the molecule is CCCc1c(-c2cccc([N+](=O)[O-])c2OC)nn(C)c1N. The molecule has 0 bridgehead atoms. The molecule has 0 aliphatic carbocycles. The van der Waals surface area contributed by atoms with Crippen molar-refractivity contribution in [2.45, 2.75) is 19.8 Å². The van der Waals surface area contributed by atoms with E-state index >= 15 is 0 Å². The molecule has 7 nitrogen and oxygen atoms in total. The highest BCUT2D eigenvalue weighted by Crippen LogP contribution is 2.39. The molecular formula is C14H18N4O3. The average Bonchev–Trinajstić information content (AvgIpc) is 2.75. The topological polar surface area (TPSA) is 96.2 Å². The average molecular weight is 290 g/mol. The molecule has 1 heterocycles. The number of nitro groups is 1. The van der Waals surface area contributed by atoms with E-state index in [0.29, 0.717) is 17.1 Å². The van der Waals surface area contributed by atoms with E-state index in [1.165, 1.54) is 13.2 Å². The van der Waals surface area contributed by atoms with Gasteiger partial charge in [0.1, 0.15) is 11.5 Å². The number of para-hydroxylation sites is 1. The molecule has 0 spiro atoms. The first kappa shape index (κ1) is 14.8. The quantitative estimate of drug-likeness (QED) is 0.674. The van der Waals surface area contributed by atoms with Crippen molar-refractivity contribution in [2.24, 2.45) is 7.05 Å². The molecule has 7 heteroatoms. The van der Waals surface area contributed by atoms with Gasteiger partial charge in [-0.1, -0.05) is 19.4 Å². The van der Waals surface area contributed by atoms with Gasteiger partial charge in [0.05, 0.1) is 17.6 Å². The van der Waals surface area contributed by atoms with Crippen LogP contribution >= 0.6 is 0 Å². The number of nitrogens with zero attached hydrogens (tertiary/aromatic N) is 3. The number of anilines is 1. The lowest BCUT2D eigenvalue weighted by Crippen LogP contribution is -1.99. The van der Waals surface area contributed by atoms with Crippen LogP contribution in [-0.4, -0.2) is 21.8 Å². The lowest BCUT2D eigenvalue weighted by atomic mass is 10.0. The summed E-state index contributed by atoms with van der Waals surface area (Å²) >= 11 is 0. The zero-order valence-electron chi connectivity index (χ0n) is 12.3. The number of aryl methyl sites for hydroxylation is 1. The zero-order chi connectivity index (χ0) is 15.6. The number of rotatable bonds is 5. The Labute approximate surface area is 122 Å². The fourth-order valence-electron chi connectivity index (χ4n) is 2.36. The lowest BCUT2D eigenvalue weighted by molar-refractivity contribution is -0.385. The van der Waals surface area contributed by atoms with Crippen molar-refractivity contribution in [1.82, 2.24) is 9.78 Å². The Morgan fingerprint density at radius 3 is 2.76 bits per heavy atom. The fourth-order valence-corrected chi connectivity index (χ4v) is 2.36. The number of ether oxygens (including phenoxy) is 1. The fraction of sp³-hybridized carbons (Fsp3) is 0.357. The molecule has 1 aromatic carbocycles. The molecule has 2 rings (SSSR count). The summed E-state index contributed by atoms with van der Waals surface area (Å²) in [5.74, 6) is 0.776. The van der Waals surface area contributed by atoms with Crippen LogP contribution in [-0.2, 0) is 13.5 Å². The van der Waals surface area contributed by atoms with Crippen LogP contribution < -0.4 is 10.5 Å². The standard InChI is InChI=1S/C14H18N4O3/c1-4-6-10-12(16-17(2)14(10)15)9-7-5-8-11(18(19)20)13(9)21-3/h5,7-8H,4,6,15H2,1-3H3. The molecule has 0 unspecified atom stereocenters. The summed E-state index contributed by atoms with van der Waals surface area (Å²) in [6.07, 6.45) is 1.65. The van der Waals surface area contributed by atoms with Gasteiger partial charge in [-0.2, -0.15) is 5.10 Å². The molecule has 0 aliphatic heterocycles. The van der Waals surface area contributed by atoms with Gasteiger partial charge < -0.3 is 10.5 Å². The van der Waals surface area contributed by atoms with Crippen molar-refractivity contribution in [3.63, 3.8) is 0 Å². The summed E-state index contributed by atoms with van der Waals surface area (Å²) in [5.41, 5.74) is 8.07. The molecule has 0 saturated carbocycles. The molecule has 2 N–H and O–H groups in total. The number of aromatic nitrogens is 2. The van der Waals surface area contributed by atoms with Crippen molar-refractivity contribution in [1.29, 1.82) is 0 Å². The molecule has 0 saturated heterocycles. The first-order valence-corrected chi connectivity index (χ1v) is 6.64. The number of hydrogen-bond donors (Lipinski definition) is 1. The Morgan fingerprint density at radius 2 is 2.19 bits per heavy atom. The second-order valence-corrected chi connectivity index (χ2v) is 4.70. The van der Waals surface area contributed by atoms with E-state index in [0.717, 1.165) is 18.4 Å². The molecule has 0 amide bonds. The number of methoxy groups -OCH3 is 1. The maximum Gasteiger partial charge on any atom is 0.311 e. The van der Waals surface area contributed by atoms with Crippen molar-refractivity contribution in [3.8, 4) is 17.0 Å². The molecule has 0 atom stereocenters. The third-order valence-corrected chi connectivity index (χ3v) is 3.34. The first-order chi connectivity index (χ1) is 10.0. The molecule has 0 radical (unpaired) electrons. The van der Waals surface area contributed by atoms with Gasteiger partial charge in [-0.3, -0.25) is 14.8 Å². The van der Waals surface area contributed by atoms with Crippen LogP contribution in [0.4, 0.5) is 11.5 Å². The predicted molar refractivity (Wildman–Crippen MR) is 80.3 cm³/mol.